The molecule has 1 fully saturated rings. The third-order valence-electron chi connectivity index (χ3n) is 5.67. The van der Waals surface area contributed by atoms with Crippen molar-refractivity contribution in [3.8, 4) is 22.6 Å². The highest BCUT2D eigenvalue weighted by atomic mass is 32.2. The number of ether oxygens (including phenoxy) is 2. The van der Waals surface area contributed by atoms with Gasteiger partial charge < -0.3 is 25.1 Å². The third-order valence-corrected chi connectivity index (χ3v) is 7.77. The summed E-state index contributed by atoms with van der Waals surface area (Å²) in [6.45, 7) is 3.35. The monoisotopic (exact) mass is 569 g/mol. The predicted octanol–water partition coefficient (Wildman–Crippen LogP) is 4.81. The van der Waals surface area contributed by atoms with Gasteiger partial charge in [0.25, 0.3) is 5.56 Å². The van der Waals surface area contributed by atoms with E-state index in [-0.39, 0.29) is 23.7 Å². The first-order chi connectivity index (χ1) is 18.2. The van der Waals surface area contributed by atoms with E-state index < -0.39 is 61.8 Å². The summed E-state index contributed by atoms with van der Waals surface area (Å²) < 4.78 is 89.3. The number of anilines is 2. The maximum Gasteiger partial charge on any atom is 0.420 e. The van der Waals surface area contributed by atoms with Gasteiger partial charge in [-0.2, -0.15) is 13.2 Å². The van der Waals surface area contributed by atoms with E-state index in [1.165, 1.54) is 31.3 Å². The molecule has 9 nitrogen and oxygen atoms in total. The second-order valence-electron chi connectivity index (χ2n) is 9.08. The SMILES string of the molecule is CCOc1cc(-c2ccc(NC(=O)Nc3ccc(OC4(C)CS(=O)(=O)C4)c(C(F)(F)F)c3)c(F)c2)c[nH]c1=O. The van der Waals surface area contributed by atoms with Crippen LogP contribution >= 0.6 is 0 Å². The molecule has 0 radical (unpaired) electrons. The van der Waals surface area contributed by atoms with Crippen molar-refractivity contribution in [1.82, 2.24) is 4.98 Å². The van der Waals surface area contributed by atoms with Gasteiger partial charge in [0.05, 0.1) is 29.4 Å². The minimum absolute atomic E-state index is 0.0541. The summed E-state index contributed by atoms with van der Waals surface area (Å²) in [5.74, 6) is -2.20. The first-order valence-corrected chi connectivity index (χ1v) is 13.3. The number of halogens is 4. The number of nitrogens with one attached hydrogen (secondary N) is 3. The smallest absolute Gasteiger partial charge is 0.420 e. The van der Waals surface area contributed by atoms with Crippen LogP contribution in [0.5, 0.6) is 11.5 Å². The zero-order valence-corrected chi connectivity index (χ0v) is 21.4. The van der Waals surface area contributed by atoms with Crippen molar-refractivity contribution in [2.75, 3.05) is 28.7 Å². The molecule has 3 N–H and O–H groups in total. The number of amides is 2. The number of sulfone groups is 1. The summed E-state index contributed by atoms with van der Waals surface area (Å²) in [4.78, 5) is 26.7. The number of hydrogen-bond donors (Lipinski definition) is 3. The molecule has 208 valence electrons. The lowest BCUT2D eigenvalue weighted by Gasteiger charge is -2.38. The number of aromatic amines is 1. The number of carbonyl (C=O) groups excluding carboxylic acids is 1. The van der Waals surface area contributed by atoms with E-state index in [2.05, 4.69) is 15.6 Å². The molecule has 0 spiro atoms. The Hall–Kier alpha value is -4.07. The number of pyridine rings is 1. The van der Waals surface area contributed by atoms with Gasteiger partial charge >= 0.3 is 12.2 Å². The van der Waals surface area contributed by atoms with E-state index in [1.807, 2.05) is 0 Å². The minimum Gasteiger partial charge on any atom is -0.488 e. The molecule has 2 heterocycles. The molecule has 3 aromatic rings. The molecule has 0 aliphatic carbocycles. The molecule has 2 amide bonds. The predicted molar refractivity (Wildman–Crippen MR) is 135 cm³/mol. The lowest BCUT2D eigenvalue weighted by molar-refractivity contribution is -0.139. The maximum absolute atomic E-state index is 14.7. The average Bonchev–Trinajstić information content (AvgIpc) is 2.81. The molecule has 0 bridgehead atoms. The summed E-state index contributed by atoms with van der Waals surface area (Å²) >= 11 is 0. The highest BCUT2D eigenvalue weighted by molar-refractivity contribution is 7.93. The van der Waals surface area contributed by atoms with Crippen LogP contribution in [-0.2, 0) is 16.0 Å². The lowest BCUT2D eigenvalue weighted by Crippen LogP contribution is -2.56. The maximum atomic E-state index is 14.7. The molecular formula is C25H23F4N3O6S. The van der Waals surface area contributed by atoms with Crippen molar-refractivity contribution in [2.24, 2.45) is 0 Å². The van der Waals surface area contributed by atoms with Crippen LogP contribution in [-0.4, -0.2) is 43.1 Å². The van der Waals surface area contributed by atoms with Crippen LogP contribution in [0.2, 0.25) is 0 Å². The molecule has 39 heavy (non-hydrogen) atoms. The van der Waals surface area contributed by atoms with Gasteiger partial charge in [0.1, 0.15) is 17.2 Å². The first-order valence-electron chi connectivity index (χ1n) is 11.5. The van der Waals surface area contributed by atoms with Gasteiger partial charge in [-0.1, -0.05) is 6.07 Å². The number of urea groups is 1. The molecule has 1 aromatic heterocycles. The lowest BCUT2D eigenvalue weighted by atomic mass is 10.1. The number of aromatic nitrogens is 1. The second-order valence-corrected chi connectivity index (χ2v) is 11.1. The molecule has 1 aliphatic heterocycles. The standard InChI is InChI=1S/C25H23F4N3O6S/c1-3-37-21-9-15(11-30-22(21)33)14-4-6-19(18(26)8-14)32-23(34)31-16-5-7-20(17(10-16)25(27,28)29)38-24(2)12-39(35,36)13-24/h4-11H,3,12-13H2,1-2H3,(H,30,33)(H2,31,32,34). The summed E-state index contributed by atoms with van der Waals surface area (Å²) in [6.07, 6.45) is -3.50. The van der Waals surface area contributed by atoms with E-state index in [1.54, 1.807) is 6.92 Å². The normalized spacial score (nSPS) is 15.6. The summed E-state index contributed by atoms with van der Waals surface area (Å²) in [5, 5.41) is 4.44. The van der Waals surface area contributed by atoms with Crippen molar-refractivity contribution in [3.63, 3.8) is 0 Å². The summed E-state index contributed by atoms with van der Waals surface area (Å²) in [7, 11) is -3.36. The Morgan fingerprint density at radius 3 is 2.38 bits per heavy atom. The number of H-pyrrole nitrogens is 1. The molecule has 4 rings (SSSR count). The van der Waals surface area contributed by atoms with Crippen LogP contribution in [0.1, 0.15) is 19.4 Å². The summed E-state index contributed by atoms with van der Waals surface area (Å²) in [5.41, 5.74) is -2.65. The zero-order valence-electron chi connectivity index (χ0n) is 20.6. The Bertz CT molecular complexity index is 1580. The fourth-order valence-corrected chi connectivity index (χ4v) is 6.00. The van der Waals surface area contributed by atoms with Crippen molar-refractivity contribution < 1.29 is 40.2 Å². The van der Waals surface area contributed by atoms with Crippen LogP contribution in [0.3, 0.4) is 0 Å². The minimum atomic E-state index is -4.87. The fraction of sp³-hybridized carbons (Fsp3) is 0.280. The topological polar surface area (TPSA) is 127 Å². The van der Waals surface area contributed by atoms with Crippen molar-refractivity contribution in [1.29, 1.82) is 0 Å². The Labute approximate surface area is 220 Å². The first kappa shape index (κ1) is 28.0. The summed E-state index contributed by atoms with van der Waals surface area (Å²) in [6, 6.07) is 7.01. The quantitative estimate of drug-likeness (QED) is 0.351. The van der Waals surface area contributed by atoms with Crippen LogP contribution < -0.4 is 25.7 Å². The Morgan fingerprint density at radius 1 is 1.05 bits per heavy atom. The number of hydrogen-bond acceptors (Lipinski definition) is 6. The van der Waals surface area contributed by atoms with Crippen molar-refractivity contribution in [2.45, 2.75) is 25.6 Å². The molecule has 14 heteroatoms. The highest BCUT2D eigenvalue weighted by Gasteiger charge is 2.48. The van der Waals surface area contributed by atoms with Crippen LogP contribution in [0.25, 0.3) is 11.1 Å². The van der Waals surface area contributed by atoms with Crippen LogP contribution in [0.15, 0.2) is 53.5 Å². The number of carbonyl (C=O) groups is 1. The molecule has 0 unspecified atom stereocenters. The Morgan fingerprint density at radius 2 is 1.77 bits per heavy atom. The Balaban J connectivity index is 1.48. The average molecular weight is 570 g/mol. The van der Waals surface area contributed by atoms with Crippen molar-refractivity contribution >= 4 is 27.2 Å². The van der Waals surface area contributed by atoms with Gasteiger partial charge in [-0.3, -0.25) is 4.79 Å². The third kappa shape index (κ3) is 6.50. The van der Waals surface area contributed by atoms with Crippen molar-refractivity contribution in [3.05, 3.63) is 70.4 Å². The molecule has 2 aromatic carbocycles. The largest absolute Gasteiger partial charge is 0.488 e. The van der Waals surface area contributed by atoms with Gasteiger partial charge in [0.2, 0.25) is 0 Å². The molecule has 1 aliphatic rings. The number of alkyl halides is 3. The van der Waals surface area contributed by atoms with Crippen LogP contribution in [0, 0.1) is 5.82 Å². The van der Waals surface area contributed by atoms with E-state index in [9.17, 15) is 35.6 Å². The molecular weight excluding hydrogens is 546 g/mol. The van der Waals surface area contributed by atoms with Gasteiger partial charge in [-0.05, 0) is 55.8 Å². The van der Waals surface area contributed by atoms with Gasteiger partial charge in [0.15, 0.2) is 15.6 Å². The van der Waals surface area contributed by atoms with Gasteiger partial charge in [-0.25, -0.2) is 17.6 Å². The zero-order chi connectivity index (χ0) is 28.6. The molecule has 0 saturated carbocycles. The highest BCUT2D eigenvalue weighted by Crippen LogP contribution is 2.41. The van der Waals surface area contributed by atoms with Crippen LogP contribution in [0.4, 0.5) is 33.7 Å². The fourth-order valence-electron chi connectivity index (χ4n) is 4.10. The van der Waals surface area contributed by atoms with E-state index in [0.29, 0.717) is 17.2 Å². The second kappa shape index (κ2) is 10.2. The molecule has 1 saturated heterocycles. The van der Waals surface area contributed by atoms with E-state index in [0.717, 1.165) is 18.2 Å². The van der Waals surface area contributed by atoms with Gasteiger partial charge in [0, 0.05) is 17.4 Å². The Kier molecular flexibility index (Phi) is 7.34. The number of benzene rings is 2. The van der Waals surface area contributed by atoms with Gasteiger partial charge in [-0.15, -0.1) is 0 Å². The van der Waals surface area contributed by atoms with E-state index in [4.69, 9.17) is 9.47 Å². The molecule has 0 atom stereocenters. The van der Waals surface area contributed by atoms with E-state index >= 15 is 0 Å². The number of rotatable bonds is 7.